The molecule has 0 bridgehead atoms. The maximum Gasteiger partial charge on any atom is 0.337 e. The summed E-state index contributed by atoms with van der Waals surface area (Å²) in [7, 11) is 1.29. The van der Waals surface area contributed by atoms with Crippen LogP contribution in [-0.2, 0) is 9.53 Å². The average Bonchev–Trinajstić information content (AvgIpc) is 2.54. The number of ether oxygens (including phenoxy) is 1. The van der Waals surface area contributed by atoms with Crippen LogP contribution in [0.2, 0.25) is 0 Å². The zero-order chi connectivity index (χ0) is 16.8. The molecule has 1 aromatic carbocycles. The number of esters is 1. The highest BCUT2D eigenvalue weighted by atomic mass is 32.2. The van der Waals surface area contributed by atoms with Crippen LogP contribution in [0.25, 0.3) is 0 Å². The molecule has 2 N–H and O–H groups in total. The highest BCUT2D eigenvalue weighted by Gasteiger charge is 2.16. The zero-order valence-corrected chi connectivity index (χ0v) is 13.3. The Labute approximate surface area is 136 Å². The minimum absolute atomic E-state index is 0.275. The first-order valence-corrected chi connectivity index (χ1v) is 7.59. The van der Waals surface area contributed by atoms with Gasteiger partial charge in [-0.25, -0.2) is 9.78 Å². The van der Waals surface area contributed by atoms with E-state index in [1.54, 1.807) is 25.1 Å². The van der Waals surface area contributed by atoms with Gasteiger partial charge in [-0.15, -0.1) is 0 Å². The average molecular weight is 333 g/mol. The molecule has 23 heavy (non-hydrogen) atoms. The lowest BCUT2D eigenvalue weighted by Crippen LogP contribution is -2.23. The fourth-order valence-electron chi connectivity index (χ4n) is 1.72. The minimum atomic E-state index is -0.484. The van der Waals surface area contributed by atoms with E-state index in [9.17, 15) is 14.4 Å². The van der Waals surface area contributed by atoms with Gasteiger partial charge < -0.3 is 15.0 Å². The number of hydrogen-bond donors (Lipinski definition) is 2. The van der Waals surface area contributed by atoms with E-state index in [0.29, 0.717) is 16.4 Å². The molecule has 1 aromatic heterocycles. The third-order valence-electron chi connectivity index (χ3n) is 2.86. The number of benzene rings is 1. The molecule has 0 saturated carbocycles. The van der Waals surface area contributed by atoms with Gasteiger partial charge >= 0.3 is 5.97 Å². The van der Waals surface area contributed by atoms with Crippen molar-refractivity contribution in [3.63, 3.8) is 0 Å². The molecule has 0 aliphatic heterocycles. The molecule has 1 amide bonds. The topological polar surface area (TPSA) is 101 Å². The van der Waals surface area contributed by atoms with Crippen LogP contribution >= 0.6 is 11.8 Å². The Kier molecular flexibility index (Phi) is 5.53. The Morgan fingerprint density at radius 2 is 2.13 bits per heavy atom. The number of aromatic amines is 1. The normalized spacial score (nSPS) is 11.6. The van der Waals surface area contributed by atoms with E-state index in [4.69, 9.17) is 0 Å². The molecular weight excluding hydrogens is 318 g/mol. The van der Waals surface area contributed by atoms with E-state index in [0.717, 1.165) is 11.8 Å². The van der Waals surface area contributed by atoms with Crippen molar-refractivity contribution in [1.82, 2.24) is 9.97 Å². The lowest BCUT2D eigenvalue weighted by Gasteiger charge is -2.11. The largest absolute Gasteiger partial charge is 0.465 e. The van der Waals surface area contributed by atoms with Crippen molar-refractivity contribution in [1.29, 1.82) is 0 Å². The number of amides is 1. The summed E-state index contributed by atoms with van der Waals surface area (Å²) in [6.07, 6.45) is 1.38. The highest BCUT2D eigenvalue weighted by molar-refractivity contribution is 8.00. The van der Waals surface area contributed by atoms with Crippen LogP contribution in [0.1, 0.15) is 17.3 Å². The predicted molar refractivity (Wildman–Crippen MR) is 86.6 cm³/mol. The molecule has 0 radical (unpaired) electrons. The number of H-pyrrole nitrogens is 1. The molecule has 2 aromatic rings. The van der Waals surface area contributed by atoms with Crippen molar-refractivity contribution in [2.24, 2.45) is 0 Å². The van der Waals surface area contributed by atoms with Gasteiger partial charge in [0.25, 0.3) is 5.56 Å². The van der Waals surface area contributed by atoms with Crippen molar-refractivity contribution in [3.05, 3.63) is 52.4 Å². The number of carbonyl (C=O) groups excluding carboxylic acids is 2. The molecule has 7 nitrogen and oxygen atoms in total. The van der Waals surface area contributed by atoms with Crippen LogP contribution in [0.4, 0.5) is 5.69 Å². The second-order valence-corrected chi connectivity index (χ2v) is 5.89. The fraction of sp³-hybridized carbons (Fsp3) is 0.200. The number of thioether (sulfide) groups is 1. The molecule has 8 heteroatoms. The van der Waals surface area contributed by atoms with Crippen LogP contribution in [0, 0.1) is 0 Å². The molecular formula is C15H15N3O4S. The van der Waals surface area contributed by atoms with Gasteiger partial charge in [0.2, 0.25) is 5.91 Å². The number of methoxy groups -OCH3 is 1. The van der Waals surface area contributed by atoms with Gasteiger partial charge in [-0.3, -0.25) is 9.59 Å². The molecule has 0 aliphatic carbocycles. The first kappa shape index (κ1) is 16.8. The number of rotatable bonds is 5. The number of aromatic nitrogens is 2. The SMILES string of the molecule is COC(=O)c1cccc(NC(=O)C(C)Sc2nccc(=O)[nH]2)c1. The fourth-order valence-corrected chi connectivity index (χ4v) is 2.50. The van der Waals surface area contributed by atoms with Crippen molar-refractivity contribution < 1.29 is 14.3 Å². The van der Waals surface area contributed by atoms with Crippen LogP contribution in [0.15, 0.2) is 46.5 Å². The molecule has 0 fully saturated rings. The third kappa shape index (κ3) is 4.68. The van der Waals surface area contributed by atoms with Crippen molar-refractivity contribution in [3.8, 4) is 0 Å². The summed E-state index contributed by atoms with van der Waals surface area (Å²) >= 11 is 1.13. The van der Waals surface area contributed by atoms with E-state index in [-0.39, 0.29) is 11.5 Å². The van der Waals surface area contributed by atoms with Gasteiger partial charge in [0, 0.05) is 18.0 Å². The lowest BCUT2D eigenvalue weighted by atomic mass is 10.2. The molecule has 1 unspecified atom stereocenters. The van der Waals surface area contributed by atoms with Crippen LogP contribution < -0.4 is 10.9 Å². The molecule has 2 rings (SSSR count). The predicted octanol–water partition coefficient (Wildman–Crippen LogP) is 1.68. The standard InChI is InChI=1S/C15H15N3O4S/c1-9(23-15-16-7-6-12(19)18-15)13(20)17-11-5-3-4-10(8-11)14(21)22-2/h3-9H,1-2H3,(H,17,20)(H,16,18,19). The van der Waals surface area contributed by atoms with E-state index in [1.165, 1.54) is 25.4 Å². The summed E-state index contributed by atoms with van der Waals surface area (Å²) in [5.74, 6) is -0.752. The Morgan fingerprint density at radius 3 is 2.83 bits per heavy atom. The quantitative estimate of drug-likeness (QED) is 0.490. The summed E-state index contributed by atoms with van der Waals surface area (Å²) < 4.78 is 4.64. The van der Waals surface area contributed by atoms with Gasteiger partial charge in [-0.1, -0.05) is 17.8 Å². The Bertz CT molecular complexity index is 775. The monoisotopic (exact) mass is 333 g/mol. The molecule has 0 saturated heterocycles. The van der Waals surface area contributed by atoms with Gasteiger partial charge in [0.1, 0.15) is 0 Å². The Morgan fingerprint density at radius 1 is 1.35 bits per heavy atom. The van der Waals surface area contributed by atoms with Crippen LogP contribution in [0.3, 0.4) is 0 Å². The minimum Gasteiger partial charge on any atom is -0.465 e. The maximum atomic E-state index is 12.2. The molecule has 120 valence electrons. The highest BCUT2D eigenvalue weighted by Crippen LogP contribution is 2.20. The second kappa shape index (κ2) is 7.59. The number of nitrogens with one attached hydrogen (secondary N) is 2. The number of nitrogens with zero attached hydrogens (tertiary/aromatic N) is 1. The summed E-state index contributed by atoms with van der Waals surface area (Å²) in [6, 6.07) is 7.75. The Hall–Kier alpha value is -2.61. The summed E-state index contributed by atoms with van der Waals surface area (Å²) in [5, 5.41) is 2.59. The van der Waals surface area contributed by atoms with Crippen molar-refractivity contribution >= 4 is 29.3 Å². The summed E-state index contributed by atoms with van der Waals surface area (Å²) in [4.78, 5) is 41.4. The number of anilines is 1. The first-order chi connectivity index (χ1) is 11.0. The molecule has 1 atom stereocenters. The van der Waals surface area contributed by atoms with Crippen molar-refractivity contribution in [2.45, 2.75) is 17.3 Å². The molecule has 0 spiro atoms. The van der Waals surface area contributed by atoms with Gasteiger partial charge in [0.15, 0.2) is 5.16 Å². The lowest BCUT2D eigenvalue weighted by molar-refractivity contribution is -0.115. The van der Waals surface area contributed by atoms with E-state index in [1.807, 2.05) is 0 Å². The third-order valence-corrected chi connectivity index (χ3v) is 3.86. The van der Waals surface area contributed by atoms with E-state index < -0.39 is 11.2 Å². The Balaban J connectivity index is 2.03. The van der Waals surface area contributed by atoms with Crippen LogP contribution in [0.5, 0.6) is 0 Å². The summed E-state index contributed by atoms with van der Waals surface area (Å²) in [5.41, 5.74) is 0.556. The molecule has 0 aliphatic rings. The number of carbonyl (C=O) groups is 2. The molecule has 1 heterocycles. The van der Waals surface area contributed by atoms with Gasteiger partial charge in [0.05, 0.1) is 17.9 Å². The van der Waals surface area contributed by atoms with Gasteiger partial charge in [-0.05, 0) is 25.1 Å². The van der Waals surface area contributed by atoms with E-state index >= 15 is 0 Å². The second-order valence-electron chi connectivity index (χ2n) is 4.56. The van der Waals surface area contributed by atoms with E-state index in [2.05, 4.69) is 20.0 Å². The number of hydrogen-bond acceptors (Lipinski definition) is 6. The van der Waals surface area contributed by atoms with Crippen molar-refractivity contribution in [2.75, 3.05) is 12.4 Å². The van der Waals surface area contributed by atoms with Gasteiger partial charge in [-0.2, -0.15) is 0 Å². The maximum absolute atomic E-state index is 12.2. The zero-order valence-electron chi connectivity index (χ0n) is 12.5. The van der Waals surface area contributed by atoms with Crippen LogP contribution in [-0.4, -0.2) is 34.2 Å². The smallest absolute Gasteiger partial charge is 0.337 e. The summed E-state index contributed by atoms with van der Waals surface area (Å²) in [6.45, 7) is 1.69. The first-order valence-electron chi connectivity index (χ1n) is 6.71.